The molecule has 0 rings (SSSR count). The highest BCUT2D eigenvalue weighted by Crippen LogP contribution is 2.22. The molecule has 0 aromatic carbocycles. The van der Waals surface area contributed by atoms with E-state index in [1.807, 2.05) is 0 Å². The molecular weight excluding hydrogens is 260 g/mol. The normalized spacial score (nSPS) is 13.2. The first-order chi connectivity index (χ1) is 9.71. The molecule has 2 atom stereocenters. The lowest BCUT2D eigenvalue weighted by Crippen LogP contribution is -2.25. The van der Waals surface area contributed by atoms with Gasteiger partial charge in [-0.25, -0.2) is 0 Å². The molecule has 0 aliphatic rings. The Morgan fingerprint density at radius 3 is 1.40 bits per heavy atom. The minimum absolute atomic E-state index is 0.0963. The first-order valence-electron chi connectivity index (χ1n) is 6.99. The molecule has 0 aliphatic heterocycles. The molecule has 0 aliphatic carbocycles. The number of ketones is 1. The number of carbonyl (C=O) groups excluding carboxylic acids is 5. The van der Waals surface area contributed by atoms with Crippen LogP contribution in [0.25, 0.3) is 0 Å². The largest absolute Gasteiger partial charge is 0.303 e. The Hall–Kier alpha value is -1.65. The Kier molecular flexibility index (Phi) is 11.4. The van der Waals surface area contributed by atoms with Crippen molar-refractivity contribution in [1.82, 2.24) is 0 Å². The molecule has 0 saturated heterocycles. The summed E-state index contributed by atoms with van der Waals surface area (Å²) in [5, 5.41) is 0. The summed E-state index contributed by atoms with van der Waals surface area (Å²) in [5.41, 5.74) is 0. The van der Waals surface area contributed by atoms with E-state index in [9.17, 15) is 24.0 Å². The van der Waals surface area contributed by atoms with E-state index in [0.29, 0.717) is 51.1 Å². The molecule has 0 N–H and O–H groups in total. The summed E-state index contributed by atoms with van der Waals surface area (Å²) in [6, 6.07) is 0. The van der Waals surface area contributed by atoms with E-state index in [2.05, 4.69) is 0 Å². The van der Waals surface area contributed by atoms with Gasteiger partial charge in [-0.2, -0.15) is 0 Å². The summed E-state index contributed by atoms with van der Waals surface area (Å²) in [6.45, 7) is 0. The lowest BCUT2D eigenvalue weighted by molar-refractivity contribution is -0.130. The second kappa shape index (κ2) is 12.4. The fourth-order valence-electron chi connectivity index (χ4n) is 2.21. The molecule has 0 amide bonds. The van der Waals surface area contributed by atoms with Crippen molar-refractivity contribution >= 4 is 30.9 Å². The minimum atomic E-state index is -0.423. The Bertz CT molecular complexity index is 294. The Labute approximate surface area is 119 Å². The number of aldehydes is 4. The lowest BCUT2D eigenvalue weighted by atomic mass is 9.83. The highest BCUT2D eigenvalue weighted by molar-refractivity contribution is 5.86. The molecule has 0 fully saturated rings. The quantitative estimate of drug-likeness (QED) is 0.357. The molecule has 112 valence electrons. The second-order valence-electron chi connectivity index (χ2n) is 4.80. The molecule has 5 heteroatoms. The second-order valence-corrected chi connectivity index (χ2v) is 4.80. The maximum Gasteiger partial charge on any atom is 0.139 e. The van der Waals surface area contributed by atoms with E-state index < -0.39 is 11.8 Å². The van der Waals surface area contributed by atoms with Gasteiger partial charge in [0.1, 0.15) is 30.9 Å². The fourth-order valence-corrected chi connectivity index (χ4v) is 2.21. The molecule has 2 unspecified atom stereocenters. The summed E-state index contributed by atoms with van der Waals surface area (Å²) in [6.07, 6.45) is 6.06. The van der Waals surface area contributed by atoms with E-state index in [1.54, 1.807) is 0 Å². The van der Waals surface area contributed by atoms with Crippen LogP contribution >= 0.6 is 0 Å². The summed E-state index contributed by atoms with van der Waals surface area (Å²) in [4.78, 5) is 54.2. The zero-order valence-corrected chi connectivity index (χ0v) is 11.7. The molecule has 0 radical (unpaired) electrons. The van der Waals surface area contributed by atoms with Crippen molar-refractivity contribution in [3.63, 3.8) is 0 Å². The van der Waals surface area contributed by atoms with Crippen LogP contribution in [0, 0.1) is 11.8 Å². The van der Waals surface area contributed by atoms with Gasteiger partial charge in [0.05, 0.1) is 0 Å². The zero-order valence-electron chi connectivity index (χ0n) is 11.7. The van der Waals surface area contributed by atoms with E-state index in [0.717, 1.165) is 12.6 Å². The highest BCUT2D eigenvalue weighted by atomic mass is 16.1. The van der Waals surface area contributed by atoms with Gasteiger partial charge in [-0.15, -0.1) is 0 Å². The number of carbonyl (C=O) groups is 5. The van der Waals surface area contributed by atoms with Crippen molar-refractivity contribution in [2.45, 2.75) is 51.4 Å². The van der Waals surface area contributed by atoms with Crippen molar-refractivity contribution in [2.24, 2.45) is 11.8 Å². The van der Waals surface area contributed by atoms with Crippen molar-refractivity contribution in [3.8, 4) is 0 Å². The van der Waals surface area contributed by atoms with E-state index in [-0.39, 0.29) is 18.6 Å². The fraction of sp³-hybridized carbons (Fsp3) is 0.667. The van der Waals surface area contributed by atoms with Crippen molar-refractivity contribution in [3.05, 3.63) is 0 Å². The SMILES string of the molecule is O=CCCCC(CC=O)C(=O)C(CC=O)CCCC=O. The molecule has 0 spiro atoms. The van der Waals surface area contributed by atoms with Gasteiger partial charge >= 0.3 is 0 Å². The first-order valence-corrected chi connectivity index (χ1v) is 6.99. The Balaban J connectivity index is 4.57. The van der Waals surface area contributed by atoms with Crippen LogP contribution in [0.2, 0.25) is 0 Å². The van der Waals surface area contributed by atoms with Gasteiger partial charge in [-0.1, -0.05) is 0 Å². The van der Waals surface area contributed by atoms with Crippen LogP contribution in [0.15, 0.2) is 0 Å². The number of hydrogen-bond donors (Lipinski definition) is 0. The maximum absolute atomic E-state index is 12.3. The van der Waals surface area contributed by atoms with Crippen molar-refractivity contribution in [1.29, 1.82) is 0 Å². The Morgan fingerprint density at radius 1 is 0.700 bits per heavy atom. The number of hydrogen-bond acceptors (Lipinski definition) is 5. The number of unbranched alkanes of at least 4 members (excludes halogenated alkanes) is 2. The molecular formula is C15H22O5. The van der Waals surface area contributed by atoms with Gasteiger partial charge in [0.15, 0.2) is 0 Å². The molecule has 0 aromatic heterocycles. The molecule has 0 heterocycles. The summed E-state index contributed by atoms with van der Waals surface area (Å²) < 4.78 is 0. The van der Waals surface area contributed by atoms with Crippen LogP contribution in [0.3, 0.4) is 0 Å². The van der Waals surface area contributed by atoms with Crippen LogP contribution in [0.4, 0.5) is 0 Å². The van der Waals surface area contributed by atoms with Crippen LogP contribution < -0.4 is 0 Å². The van der Waals surface area contributed by atoms with Crippen molar-refractivity contribution < 1.29 is 24.0 Å². The third-order valence-electron chi connectivity index (χ3n) is 3.32. The summed E-state index contributed by atoms with van der Waals surface area (Å²) in [5.74, 6) is -0.941. The predicted octanol–water partition coefficient (Wildman–Crippen LogP) is 1.70. The standard InChI is InChI=1S/C15H22O5/c16-9-3-1-5-13(7-11-18)15(20)14(8-12-19)6-2-4-10-17/h9-14H,1-8H2. The van der Waals surface area contributed by atoms with Crippen LogP contribution in [-0.4, -0.2) is 30.9 Å². The smallest absolute Gasteiger partial charge is 0.139 e. The lowest BCUT2D eigenvalue weighted by Gasteiger charge is -2.19. The monoisotopic (exact) mass is 282 g/mol. The van der Waals surface area contributed by atoms with Crippen LogP contribution in [0.5, 0.6) is 0 Å². The molecule has 0 aromatic rings. The zero-order chi connectivity index (χ0) is 15.2. The van der Waals surface area contributed by atoms with E-state index in [4.69, 9.17) is 0 Å². The predicted molar refractivity (Wildman–Crippen MR) is 73.2 cm³/mol. The van der Waals surface area contributed by atoms with Gasteiger partial charge < -0.3 is 19.2 Å². The molecule has 0 bridgehead atoms. The molecule has 0 saturated carbocycles. The third kappa shape index (κ3) is 7.71. The first kappa shape index (κ1) is 18.4. The highest BCUT2D eigenvalue weighted by Gasteiger charge is 2.25. The average molecular weight is 282 g/mol. The summed E-state index contributed by atoms with van der Waals surface area (Å²) in [7, 11) is 0. The number of rotatable bonds is 14. The average Bonchev–Trinajstić information content (AvgIpc) is 2.45. The van der Waals surface area contributed by atoms with Gasteiger partial charge in [-0.3, -0.25) is 4.79 Å². The van der Waals surface area contributed by atoms with Gasteiger partial charge in [0.25, 0.3) is 0 Å². The molecule has 5 nitrogen and oxygen atoms in total. The van der Waals surface area contributed by atoms with Crippen LogP contribution in [-0.2, 0) is 24.0 Å². The third-order valence-corrected chi connectivity index (χ3v) is 3.32. The van der Waals surface area contributed by atoms with Crippen molar-refractivity contribution in [2.75, 3.05) is 0 Å². The van der Waals surface area contributed by atoms with Gasteiger partial charge in [0, 0.05) is 37.5 Å². The van der Waals surface area contributed by atoms with Crippen LogP contribution in [0.1, 0.15) is 51.4 Å². The minimum Gasteiger partial charge on any atom is -0.303 e. The van der Waals surface area contributed by atoms with Gasteiger partial charge in [0.2, 0.25) is 0 Å². The van der Waals surface area contributed by atoms with E-state index >= 15 is 0 Å². The Morgan fingerprint density at radius 2 is 1.10 bits per heavy atom. The maximum atomic E-state index is 12.3. The topological polar surface area (TPSA) is 85.3 Å². The summed E-state index contributed by atoms with van der Waals surface area (Å²) >= 11 is 0. The van der Waals surface area contributed by atoms with E-state index in [1.165, 1.54) is 0 Å². The van der Waals surface area contributed by atoms with Gasteiger partial charge in [-0.05, 0) is 25.7 Å². The molecule has 20 heavy (non-hydrogen) atoms. The number of Topliss-reactive ketones (excluding diaryl/α,β-unsaturated/α-hetero) is 1.